The number of rotatable bonds is 6. The van der Waals surface area contributed by atoms with Gasteiger partial charge in [0.25, 0.3) is 0 Å². The molecule has 0 spiro atoms. The summed E-state index contributed by atoms with van der Waals surface area (Å²) >= 11 is 5.90. The van der Waals surface area contributed by atoms with E-state index in [1.165, 1.54) is 29.2 Å². The largest absolute Gasteiger partial charge is 0.432 e. The van der Waals surface area contributed by atoms with Crippen LogP contribution in [0.4, 0.5) is 0 Å². The Morgan fingerprint density at radius 1 is 0.969 bits per heavy atom. The Morgan fingerprint density at radius 3 is 2.31 bits per heavy atom. The van der Waals surface area contributed by atoms with Crippen molar-refractivity contribution in [1.29, 1.82) is 0 Å². The Hall–Kier alpha value is -3.49. The number of benzene rings is 2. The van der Waals surface area contributed by atoms with Crippen LogP contribution in [0.15, 0.2) is 88.8 Å². The van der Waals surface area contributed by atoms with E-state index in [4.69, 9.17) is 16.3 Å². The zero-order chi connectivity index (χ0) is 22.7. The Bertz CT molecular complexity index is 1400. The number of halogens is 1. The van der Waals surface area contributed by atoms with E-state index in [0.717, 1.165) is 11.8 Å². The van der Waals surface area contributed by atoms with Crippen molar-refractivity contribution in [3.05, 3.63) is 100 Å². The molecule has 0 aliphatic carbocycles. The van der Waals surface area contributed by atoms with Crippen LogP contribution in [-0.4, -0.2) is 29.4 Å². The Morgan fingerprint density at radius 2 is 1.69 bits per heavy atom. The van der Waals surface area contributed by atoms with Crippen LogP contribution >= 0.6 is 11.6 Å². The molecule has 0 N–H and O–H groups in total. The van der Waals surface area contributed by atoms with Gasteiger partial charge in [0.05, 0.1) is 28.2 Å². The lowest BCUT2D eigenvalue weighted by Crippen LogP contribution is -2.25. The maximum absolute atomic E-state index is 13.3. The van der Waals surface area contributed by atoms with Crippen LogP contribution < -0.4 is 10.3 Å². The molecule has 0 amide bonds. The van der Waals surface area contributed by atoms with E-state index in [0.29, 0.717) is 16.1 Å². The van der Waals surface area contributed by atoms with Gasteiger partial charge in [-0.05, 0) is 29.3 Å². The maximum atomic E-state index is 13.3. The van der Waals surface area contributed by atoms with Crippen LogP contribution in [0.2, 0.25) is 5.02 Å². The van der Waals surface area contributed by atoms with Gasteiger partial charge in [-0.2, -0.15) is 5.10 Å². The van der Waals surface area contributed by atoms with Crippen LogP contribution in [0.5, 0.6) is 11.6 Å². The quantitative estimate of drug-likeness (QED) is 0.422. The molecule has 0 bridgehead atoms. The number of nitrogens with zero attached hydrogens (tertiary/aromatic N) is 3. The molecule has 7 nitrogen and oxygen atoms in total. The molecule has 0 aliphatic rings. The second-order valence-electron chi connectivity index (χ2n) is 7.05. The normalized spacial score (nSPS) is 11.3. The molecule has 0 radical (unpaired) electrons. The molecule has 0 unspecified atom stereocenters. The van der Waals surface area contributed by atoms with E-state index in [1.807, 2.05) is 30.3 Å². The molecule has 0 saturated carbocycles. The van der Waals surface area contributed by atoms with Gasteiger partial charge in [0.2, 0.25) is 11.6 Å². The number of ether oxygens (including phenoxy) is 1. The van der Waals surface area contributed by atoms with Crippen LogP contribution in [-0.2, 0) is 16.4 Å². The summed E-state index contributed by atoms with van der Waals surface area (Å²) in [6, 6.07) is 18.8. The molecular weight excluding hydrogens is 450 g/mol. The van der Waals surface area contributed by atoms with Gasteiger partial charge in [-0.25, -0.2) is 18.1 Å². The van der Waals surface area contributed by atoms with Gasteiger partial charge in [0.1, 0.15) is 0 Å². The third-order valence-corrected chi connectivity index (χ3v) is 6.03. The van der Waals surface area contributed by atoms with Gasteiger partial charge < -0.3 is 4.74 Å². The molecule has 2 heterocycles. The van der Waals surface area contributed by atoms with Crippen LogP contribution in [0.3, 0.4) is 0 Å². The van der Waals surface area contributed by atoms with Gasteiger partial charge in [-0.3, -0.25) is 4.79 Å². The molecule has 0 fully saturated rings. The average molecular weight is 468 g/mol. The number of hydrogen-bond donors (Lipinski definition) is 0. The van der Waals surface area contributed by atoms with E-state index in [-0.39, 0.29) is 23.1 Å². The van der Waals surface area contributed by atoms with Crippen molar-refractivity contribution in [3.63, 3.8) is 0 Å². The molecule has 162 valence electrons. The smallest absolute Gasteiger partial charge is 0.310 e. The predicted octanol–water partition coefficient (Wildman–Crippen LogP) is 4.20. The maximum Gasteiger partial charge on any atom is 0.310 e. The standard InChI is InChI=1S/C23H18ClN3O4S/c1-32(29,30)19-10-7-17(8-11-19)20-14-26-27(15-16-5-3-2-4-6-16)23(28)22(20)31-21-12-9-18(24)13-25-21/h2-14H,15H2,1H3. The predicted molar refractivity (Wildman–Crippen MR) is 122 cm³/mol. The van der Waals surface area contributed by atoms with Gasteiger partial charge >= 0.3 is 5.56 Å². The van der Waals surface area contributed by atoms with Gasteiger partial charge in [-0.15, -0.1) is 0 Å². The zero-order valence-electron chi connectivity index (χ0n) is 17.0. The van der Waals surface area contributed by atoms with Crippen LogP contribution in [0.25, 0.3) is 11.1 Å². The highest BCUT2D eigenvalue weighted by atomic mass is 35.5. The van der Waals surface area contributed by atoms with Crippen molar-refractivity contribution in [3.8, 4) is 22.8 Å². The summed E-state index contributed by atoms with van der Waals surface area (Å²) < 4.78 is 30.7. The minimum Gasteiger partial charge on any atom is -0.432 e. The number of aromatic nitrogens is 3. The third-order valence-electron chi connectivity index (χ3n) is 4.68. The highest BCUT2D eigenvalue weighted by Gasteiger charge is 2.17. The molecule has 4 aromatic rings. The fourth-order valence-corrected chi connectivity index (χ4v) is 3.80. The molecule has 9 heteroatoms. The molecule has 32 heavy (non-hydrogen) atoms. The van der Waals surface area contributed by atoms with Crippen molar-refractivity contribution in [2.24, 2.45) is 0 Å². The second-order valence-corrected chi connectivity index (χ2v) is 9.50. The van der Waals surface area contributed by atoms with E-state index < -0.39 is 15.4 Å². The SMILES string of the molecule is CS(=O)(=O)c1ccc(-c2cnn(Cc3ccccc3)c(=O)c2Oc2ccc(Cl)cn2)cc1. The van der Waals surface area contributed by atoms with Crippen molar-refractivity contribution < 1.29 is 13.2 Å². The van der Waals surface area contributed by atoms with Crippen molar-refractivity contribution in [1.82, 2.24) is 14.8 Å². The summed E-state index contributed by atoms with van der Waals surface area (Å²) in [6.07, 6.45) is 4.07. The Balaban J connectivity index is 1.80. The van der Waals surface area contributed by atoms with Crippen molar-refractivity contribution in [2.75, 3.05) is 6.26 Å². The fourth-order valence-electron chi connectivity index (χ4n) is 3.05. The van der Waals surface area contributed by atoms with E-state index in [1.54, 1.807) is 24.3 Å². The summed E-state index contributed by atoms with van der Waals surface area (Å²) in [7, 11) is -3.35. The van der Waals surface area contributed by atoms with Crippen molar-refractivity contribution >= 4 is 21.4 Å². The molecular formula is C23H18ClN3O4S. The first-order valence-electron chi connectivity index (χ1n) is 9.55. The number of sulfone groups is 1. The minimum atomic E-state index is -3.35. The highest BCUT2D eigenvalue weighted by Crippen LogP contribution is 2.30. The highest BCUT2D eigenvalue weighted by molar-refractivity contribution is 7.90. The zero-order valence-corrected chi connectivity index (χ0v) is 18.5. The van der Waals surface area contributed by atoms with E-state index in [2.05, 4.69) is 10.1 Å². The lowest BCUT2D eigenvalue weighted by Gasteiger charge is -2.13. The monoisotopic (exact) mass is 467 g/mol. The molecule has 0 atom stereocenters. The Labute approximate surface area is 189 Å². The molecule has 4 rings (SSSR count). The van der Waals surface area contributed by atoms with Gasteiger partial charge in [0.15, 0.2) is 9.84 Å². The summed E-state index contributed by atoms with van der Waals surface area (Å²) in [5.74, 6) is 0.218. The third kappa shape index (κ3) is 4.87. The lowest BCUT2D eigenvalue weighted by atomic mass is 10.1. The van der Waals surface area contributed by atoms with Crippen LogP contribution in [0.1, 0.15) is 5.56 Å². The first kappa shape index (κ1) is 21.7. The number of hydrogen-bond acceptors (Lipinski definition) is 6. The van der Waals surface area contributed by atoms with Gasteiger partial charge in [-0.1, -0.05) is 54.1 Å². The van der Waals surface area contributed by atoms with Gasteiger partial charge in [0, 0.05) is 18.5 Å². The molecule has 2 aromatic heterocycles. The second kappa shape index (κ2) is 8.94. The van der Waals surface area contributed by atoms with Crippen molar-refractivity contribution in [2.45, 2.75) is 11.4 Å². The first-order valence-corrected chi connectivity index (χ1v) is 11.8. The lowest BCUT2D eigenvalue weighted by molar-refractivity contribution is 0.444. The number of pyridine rings is 1. The summed E-state index contributed by atoms with van der Waals surface area (Å²) in [5.41, 5.74) is 1.45. The average Bonchev–Trinajstić information content (AvgIpc) is 2.78. The van der Waals surface area contributed by atoms with E-state index >= 15 is 0 Å². The topological polar surface area (TPSA) is 91.2 Å². The minimum absolute atomic E-state index is 0.0258. The molecule has 0 aliphatic heterocycles. The first-order chi connectivity index (χ1) is 15.3. The summed E-state index contributed by atoms with van der Waals surface area (Å²) in [5, 5.41) is 4.74. The molecule has 2 aromatic carbocycles. The summed E-state index contributed by atoms with van der Waals surface area (Å²) in [4.78, 5) is 17.6. The Kier molecular flexibility index (Phi) is 6.07. The fraction of sp³-hybridized carbons (Fsp3) is 0.0870. The summed E-state index contributed by atoms with van der Waals surface area (Å²) in [6.45, 7) is 0.261. The van der Waals surface area contributed by atoms with Crippen LogP contribution in [0, 0.1) is 0 Å². The molecule has 0 saturated heterocycles. The van der Waals surface area contributed by atoms with E-state index in [9.17, 15) is 13.2 Å².